The average Bonchev–Trinajstić information content (AvgIpc) is 2.47. The summed E-state index contributed by atoms with van der Waals surface area (Å²) in [7, 11) is 0. The van der Waals surface area contributed by atoms with E-state index in [4.69, 9.17) is 0 Å². The minimum absolute atomic E-state index is 0.00123. The molecule has 0 aromatic heterocycles. The van der Waals surface area contributed by atoms with E-state index in [0.29, 0.717) is 18.4 Å². The quantitative estimate of drug-likeness (QED) is 0.699. The van der Waals surface area contributed by atoms with E-state index >= 15 is 0 Å². The van der Waals surface area contributed by atoms with Gasteiger partial charge in [-0.25, -0.2) is 0 Å². The lowest BCUT2D eigenvalue weighted by Crippen LogP contribution is -2.30. The fraction of sp³-hybridized carbons (Fsp3) is 0.588. The molecule has 0 atom stereocenters. The van der Waals surface area contributed by atoms with Crippen LogP contribution in [0.25, 0.3) is 0 Å². The first-order valence-electron chi connectivity index (χ1n) is 7.61. The van der Waals surface area contributed by atoms with E-state index < -0.39 is 12.1 Å². The fourth-order valence-corrected chi connectivity index (χ4v) is 3.04. The number of hydrogen-bond acceptors (Lipinski definition) is 1. The molecule has 116 valence electrons. The average molecular weight is 298 g/mol. The minimum atomic E-state index is -4.12. The minimum Gasteiger partial charge on any atom is -0.294 e. The van der Waals surface area contributed by atoms with Crippen LogP contribution >= 0.6 is 0 Å². The molecule has 0 amide bonds. The Morgan fingerprint density at radius 2 is 1.67 bits per heavy atom. The van der Waals surface area contributed by atoms with Crippen LogP contribution in [0, 0.1) is 11.8 Å². The second-order valence-corrected chi connectivity index (χ2v) is 5.90. The molecule has 1 aromatic rings. The van der Waals surface area contributed by atoms with Crippen LogP contribution < -0.4 is 0 Å². The Hall–Kier alpha value is -1.32. The first kappa shape index (κ1) is 16.1. The molecule has 1 aliphatic rings. The summed E-state index contributed by atoms with van der Waals surface area (Å²) < 4.78 is 37.9. The predicted molar refractivity (Wildman–Crippen MR) is 76.3 cm³/mol. The molecule has 21 heavy (non-hydrogen) atoms. The molecule has 1 aliphatic carbocycles. The van der Waals surface area contributed by atoms with Crippen LogP contribution in [0.5, 0.6) is 0 Å². The Labute approximate surface area is 123 Å². The van der Waals surface area contributed by atoms with Crippen LogP contribution in [0.1, 0.15) is 54.9 Å². The van der Waals surface area contributed by atoms with Crippen molar-refractivity contribution in [3.63, 3.8) is 0 Å². The van der Waals surface area contributed by atoms with Crippen molar-refractivity contribution in [1.29, 1.82) is 0 Å². The highest BCUT2D eigenvalue weighted by Gasteiger charge is 2.42. The Morgan fingerprint density at radius 1 is 1.10 bits per heavy atom. The molecule has 0 aliphatic heterocycles. The third kappa shape index (κ3) is 4.08. The van der Waals surface area contributed by atoms with Gasteiger partial charge in [0.05, 0.1) is 5.92 Å². The van der Waals surface area contributed by atoms with Crippen molar-refractivity contribution in [3.05, 3.63) is 35.4 Å². The highest BCUT2D eigenvalue weighted by molar-refractivity contribution is 5.97. The first-order valence-corrected chi connectivity index (χ1v) is 7.61. The van der Waals surface area contributed by atoms with Gasteiger partial charge in [0.15, 0.2) is 5.78 Å². The van der Waals surface area contributed by atoms with Gasteiger partial charge in [-0.1, -0.05) is 37.6 Å². The molecule has 0 radical (unpaired) electrons. The summed E-state index contributed by atoms with van der Waals surface area (Å²) in [4.78, 5) is 12.3. The summed E-state index contributed by atoms with van der Waals surface area (Å²) in [5, 5.41) is 0. The van der Waals surface area contributed by atoms with Crippen LogP contribution in [0.4, 0.5) is 13.2 Å². The third-order valence-electron chi connectivity index (χ3n) is 4.34. The Morgan fingerprint density at radius 3 is 2.14 bits per heavy atom. The first-order chi connectivity index (χ1) is 9.91. The molecule has 1 aromatic carbocycles. The van der Waals surface area contributed by atoms with E-state index in [9.17, 15) is 18.0 Å². The standard InChI is InChI=1S/C17H21F3O/c1-2-3-12-4-6-13(7-5-12)16(21)14-8-10-15(11-9-14)17(18,19)20/h4-7,14-15H,2-3,8-11H2,1H3. The Kier molecular flexibility index (Phi) is 5.07. The summed E-state index contributed by atoms with van der Waals surface area (Å²) in [5.74, 6) is -1.48. The van der Waals surface area contributed by atoms with Crippen LogP contribution in [-0.4, -0.2) is 12.0 Å². The van der Waals surface area contributed by atoms with Crippen molar-refractivity contribution in [2.45, 2.75) is 51.6 Å². The summed E-state index contributed by atoms with van der Waals surface area (Å²) in [5.41, 5.74) is 1.82. The SMILES string of the molecule is CCCc1ccc(C(=O)C2CCC(C(F)(F)F)CC2)cc1. The number of benzene rings is 1. The van der Waals surface area contributed by atoms with Gasteiger partial charge in [-0.3, -0.25) is 4.79 Å². The van der Waals surface area contributed by atoms with Gasteiger partial charge in [0.1, 0.15) is 0 Å². The number of hydrogen-bond donors (Lipinski definition) is 0. The van der Waals surface area contributed by atoms with E-state index in [2.05, 4.69) is 6.92 Å². The van der Waals surface area contributed by atoms with Crippen molar-refractivity contribution >= 4 is 5.78 Å². The number of ketones is 1. The molecular weight excluding hydrogens is 277 g/mol. The number of aryl methyl sites for hydroxylation is 1. The number of rotatable bonds is 4. The zero-order valence-corrected chi connectivity index (χ0v) is 12.2. The van der Waals surface area contributed by atoms with Crippen LogP contribution in [0.3, 0.4) is 0 Å². The second-order valence-electron chi connectivity index (χ2n) is 5.90. The highest BCUT2D eigenvalue weighted by atomic mass is 19.4. The number of Topliss-reactive ketones (excluding diaryl/α,β-unsaturated/α-hetero) is 1. The second kappa shape index (κ2) is 6.63. The zero-order chi connectivity index (χ0) is 15.5. The van der Waals surface area contributed by atoms with Gasteiger partial charge in [0, 0.05) is 11.5 Å². The van der Waals surface area contributed by atoms with Crippen molar-refractivity contribution in [1.82, 2.24) is 0 Å². The van der Waals surface area contributed by atoms with Gasteiger partial charge in [0.25, 0.3) is 0 Å². The molecular formula is C17H21F3O. The van der Waals surface area contributed by atoms with E-state index in [0.717, 1.165) is 12.8 Å². The smallest absolute Gasteiger partial charge is 0.294 e. The fourth-order valence-electron chi connectivity index (χ4n) is 3.04. The summed E-state index contributed by atoms with van der Waals surface area (Å²) in [6.07, 6.45) is -1.24. The summed E-state index contributed by atoms with van der Waals surface area (Å²) in [6, 6.07) is 7.50. The van der Waals surface area contributed by atoms with Crippen molar-refractivity contribution < 1.29 is 18.0 Å². The van der Waals surface area contributed by atoms with Crippen molar-refractivity contribution in [3.8, 4) is 0 Å². The van der Waals surface area contributed by atoms with E-state index in [1.807, 2.05) is 24.3 Å². The summed E-state index contributed by atoms with van der Waals surface area (Å²) >= 11 is 0. The molecule has 4 heteroatoms. The van der Waals surface area contributed by atoms with E-state index in [1.54, 1.807) is 0 Å². The third-order valence-corrected chi connectivity index (χ3v) is 4.34. The van der Waals surface area contributed by atoms with Gasteiger partial charge in [-0.15, -0.1) is 0 Å². The Balaban J connectivity index is 1.95. The predicted octanol–water partition coefficient (Wildman–Crippen LogP) is 5.19. The molecule has 0 spiro atoms. The molecule has 2 rings (SSSR count). The number of alkyl halides is 3. The van der Waals surface area contributed by atoms with Gasteiger partial charge in [0.2, 0.25) is 0 Å². The molecule has 0 unspecified atom stereocenters. The van der Waals surface area contributed by atoms with E-state index in [1.165, 1.54) is 5.56 Å². The lowest BCUT2D eigenvalue weighted by atomic mass is 9.78. The normalized spacial score (nSPS) is 23.0. The van der Waals surface area contributed by atoms with Crippen LogP contribution in [0.2, 0.25) is 0 Å². The number of carbonyl (C=O) groups is 1. The van der Waals surface area contributed by atoms with Gasteiger partial charge < -0.3 is 0 Å². The van der Waals surface area contributed by atoms with Crippen LogP contribution in [-0.2, 0) is 6.42 Å². The van der Waals surface area contributed by atoms with E-state index in [-0.39, 0.29) is 24.5 Å². The van der Waals surface area contributed by atoms with Gasteiger partial charge >= 0.3 is 6.18 Å². The monoisotopic (exact) mass is 298 g/mol. The summed E-state index contributed by atoms with van der Waals surface area (Å²) in [6.45, 7) is 2.10. The lowest BCUT2D eigenvalue weighted by Gasteiger charge is -2.29. The van der Waals surface area contributed by atoms with Crippen molar-refractivity contribution in [2.75, 3.05) is 0 Å². The molecule has 0 heterocycles. The van der Waals surface area contributed by atoms with Crippen molar-refractivity contribution in [2.24, 2.45) is 11.8 Å². The molecule has 1 nitrogen and oxygen atoms in total. The number of halogens is 3. The highest BCUT2D eigenvalue weighted by Crippen LogP contribution is 2.40. The molecule has 0 N–H and O–H groups in total. The lowest BCUT2D eigenvalue weighted by molar-refractivity contribution is -0.183. The molecule has 0 saturated heterocycles. The van der Waals surface area contributed by atoms with Gasteiger partial charge in [-0.2, -0.15) is 13.2 Å². The largest absolute Gasteiger partial charge is 0.391 e. The molecule has 1 fully saturated rings. The molecule has 0 bridgehead atoms. The maximum Gasteiger partial charge on any atom is 0.391 e. The van der Waals surface area contributed by atoms with Crippen LogP contribution in [0.15, 0.2) is 24.3 Å². The topological polar surface area (TPSA) is 17.1 Å². The van der Waals surface area contributed by atoms with Gasteiger partial charge in [-0.05, 0) is 37.7 Å². The number of carbonyl (C=O) groups excluding carboxylic acids is 1. The zero-order valence-electron chi connectivity index (χ0n) is 12.2. The molecule has 1 saturated carbocycles. The Bertz CT molecular complexity index is 468. The maximum atomic E-state index is 12.6. The maximum absolute atomic E-state index is 12.6.